The number of carbonyl (C=O) groups excluding carboxylic acids is 1. The molecule has 1 aliphatic rings. The van der Waals surface area contributed by atoms with Crippen molar-refractivity contribution in [3.63, 3.8) is 0 Å². The molecule has 194 valence electrons. The molecule has 0 bridgehead atoms. The molecule has 8 nitrogen and oxygen atoms in total. The molecule has 35 heavy (non-hydrogen) atoms. The highest BCUT2D eigenvalue weighted by Gasteiger charge is 2.18. The van der Waals surface area contributed by atoms with Crippen LogP contribution in [0.5, 0.6) is 0 Å². The molecule has 1 unspecified atom stereocenters. The zero-order valence-corrected chi connectivity index (χ0v) is 22.6. The van der Waals surface area contributed by atoms with Crippen molar-refractivity contribution < 1.29 is 17.9 Å². The first-order valence-corrected chi connectivity index (χ1v) is 13.6. The van der Waals surface area contributed by atoms with Crippen LogP contribution in [0.3, 0.4) is 0 Å². The molecule has 0 saturated carbocycles. The molecule has 0 radical (unpaired) electrons. The second kappa shape index (κ2) is 14.6. The number of rotatable bonds is 8. The van der Waals surface area contributed by atoms with E-state index in [4.69, 9.17) is 23.2 Å². The van der Waals surface area contributed by atoms with E-state index in [-0.39, 0.29) is 10.9 Å². The molecule has 0 aliphatic carbocycles. The number of carbonyl (C=O) groups is 1. The average Bonchev–Trinajstić information content (AvgIpc) is 2.82. The van der Waals surface area contributed by atoms with Crippen LogP contribution >= 0.6 is 23.2 Å². The Kier molecular flexibility index (Phi) is 12.3. The summed E-state index contributed by atoms with van der Waals surface area (Å²) in [6, 6.07) is 10.5. The monoisotopic (exact) mass is 544 g/mol. The molecule has 2 amide bonds. The summed E-state index contributed by atoms with van der Waals surface area (Å²) >= 11 is 12.2. The summed E-state index contributed by atoms with van der Waals surface area (Å²) in [5.74, 6) is 0.549. The Morgan fingerprint density at radius 1 is 1.11 bits per heavy atom. The SMILES string of the molecule is CC(NC(=O)Nc1ccc(S(=O)(=O)NCCC2CCNCC2)cc1)c1cccc(Cl)c1Cl.COC. The van der Waals surface area contributed by atoms with Crippen molar-refractivity contribution in [1.29, 1.82) is 0 Å². The second-order valence-electron chi connectivity index (χ2n) is 8.28. The fourth-order valence-electron chi connectivity index (χ4n) is 3.67. The minimum Gasteiger partial charge on any atom is -0.388 e. The van der Waals surface area contributed by atoms with Crippen LogP contribution in [0.1, 0.15) is 37.8 Å². The van der Waals surface area contributed by atoms with Gasteiger partial charge in [-0.15, -0.1) is 0 Å². The molecular weight excluding hydrogens is 511 g/mol. The lowest BCUT2D eigenvalue weighted by Gasteiger charge is -2.22. The van der Waals surface area contributed by atoms with Gasteiger partial charge in [0.25, 0.3) is 0 Å². The van der Waals surface area contributed by atoms with E-state index in [9.17, 15) is 13.2 Å². The van der Waals surface area contributed by atoms with Crippen molar-refractivity contribution in [3.05, 3.63) is 58.1 Å². The molecule has 2 aromatic rings. The first-order valence-electron chi connectivity index (χ1n) is 11.4. The van der Waals surface area contributed by atoms with Crippen LogP contribution in [0.2, 0.25) is 10.0 Å². The van der Waals surface area contributed by atoms with Crippen LogP contribution in [0, 0.1) is 5.92 Å². The van der Waals surface area contributed by atoms with Gasteiger partial charge in [-0.25, -0.2) is 17.9 Å². The Balaban J connectivity index is 0.00000137. The molecule has 11 heteroatoms. The first-order chi connectivity index (χ1) is 16.7. The normalized spacial score (nSPS) is 15.0. The van der Waals surface area contributed by atoms with Crippen LogP contribution < -0.4 is 20.7 Å². The van der Waals surface area contributed by atoms with Crippen molar-refractivity contribution in [2.75, 3.05) is 39.2 Å². The number of nitrogens with one attached hydrogen (secondary N) is 4. The number of piperidine rings is 1. The predicted molar refractivity (Wildman–Crippen MR) is 142 cm³/mol. The van der Waals surface area contributed by atoms with Crippen LogP contribution in [0.4, 0.5) is 10.5 Å². The van der Waals surface area contributed by atoms with Gasteiger partial charge in [0.1, 0.15) is 0 Å². The van der Waals surface area contributed by atoms with Crippen LogP contribution in [0.15, 0.2) is 47.4 Å². The number of sulfonamides is 1. The van der Waals surface area contributed by atoms with Gasteiger partial charge in [0.15, 0.2) is 0 Å². The number of halogens is 2. The molecule has 4 N–H and O–H groups in total. The van der Waals surface area contributed by atoms with Crippen LogP contribution in [-0.2, 0) is 14.8 Å². The molecule has 0 aromatic heterocycles. The van der Waals surface area contributed by atoms with Gasteiger partial charge in [-0.2, -0.15) is 0 Å². The summed E-state index contributed by atoms with van der Waals surface area (Å²) in [5.41, 5.74) is 1.17. The Morgan fingerprint density at radius 3 is 2.37 bits per heavy atom. The van der Waals surface area contributed by atoms with Gasteiger partial charge >= 0.3 is 6.03 Å². The van der Waals surface area contributed by atoms with E-state index in [1.165, 1.54) is 12.1 Å². The number of ether oxygens (including phenoxy) is 1. The zero-order valence-electron chi connectivity index (χ0n) is 20.2. The second-order valence-corrected chi connectivity index (χ2v) is 10.8. The van der Waals surface area contributed by atoms with Crippen LogP contribution in [0.25, 0.3) is 0 Å². The maximum absolute atomic E-state index is 12.5. The summed E-state index contributed by atoms with van der Waals surface area (Å²) in [6.45, 7) is 4.19. The Hall–Kier alpha value is -1.88. The van der Waals surface area contributed by atoms with E-state index in [2.05, 4.69) is 25.4 Å². The lowest BCUT2D eigenvalue weighted by molar-refractivity contribution is 0.249. The molecular formula is C24H34Cl2N4O4S. The Bertz CT molecular complexity index is 1050. The van der Waals surface area contributed by atoms with E-state index in [0.29, 0.717) is 33.8 Å². The summed E-state index contributed by atoms with van der Waals surface area (Å²) in [7, 11) is -0.341. The van der Waals surface area contributed by atoms with Gasteiger partial charge in [0.2, 0.25) is 10.0 Å². The molecule has 0 spiro atoms. The highest BCUT2D eigenvalue weighted by molar-refractivity contribution is 7.89. The van der Waals surface area contributed by atoms with Crippen molar-refractivity contribution in [1.82, 2.24) is 15.4 Å². The van der Waals surface area contributed by atoms with Crippen molar-refractivity contribution in [2.24, 2.45) is 5.92 Å². The van der Waals surface area contributed by atoms with Gasteiger partial charge in [-0.05, 0) is 81.1 Å². The van der Waals surface area contributed by atoms with Gasteiger partial charge in [-0.1, -0.05) is 35.3 Å². The number of urea groups is 1. The fourth-order valence-corrected chi connectivity index (χ4v) is 5.18. The van der Waals surface area contributed by atoms with E-state index < -0.39 is 16.1 Å². The third kappa shape index (κ3) is 9.59. The highest BCUT2D eigenvalue weighted by Crippen LogP contribution is 2.29. The maximum atomic E-state index is 12.5. The highest BCUT2D eigenvalue weighted by atomic mass is 35.5. The smallest absolute Gasteiger partial charge is 0.319 e. The van der Waals surface area contributed by atoms with Gasteiger partial charge in [0.05, 0.1) is 21.0 Å². The van der Waals surface area contributed by atoms with Gasteiger partial charge in [0, 0.05) is 26.5 Å². The standard InChI is InChI=1S/C22H28Cl2N4O3S.C2H6O/c1-15(19-3-2-4-20(23)21(19)24)27-22(29)28-17-5-7-18(8-6-17)32(30,31)26-14-11-16-9-12-25-13-10-16;1-3-2/h2-8,15-16,25-26H,9-14H2,1H3,(H2,27,28,29);1-2H3. The summed E-state index contributed by atoms with van der Waals surface area (Å²) in [5, 5.41) is 9.60. The molecule has 1 fully saturated rings. The molecule has 3 rings (SSSR count). The quantitative estimate of drug-likeness (QED) is 0.381. The number of amides is 2. The number of hydrogen-bond donors (Lipinski definition) is 4. The number of methoxy groups -OCH3 is 1. The topological polar surface area (TPSA) is 109 Å². The molecule has 2 aromatic carbocycles. The van der Waals surface area contributed by atoms with Gasteiger partial charge < -0.3 is 20.7 Å². The summed E-state index contributed by atoms with van der Waals surface area (Å²) in [6.07, 6.45) is 2.98. The summed E-state index contributed by atoms with van der Waals surface area (Å²) in [4.78, 5) is 12.5. The van der Waals surface area contributed by atoms with E-state index in [1.54, 1.807) is 51.5 Å². The van der Waals surface area contributed by atoms with E-state index in [1.807, 2.05) is 0 Å². The van der Waals surface area contributed by atoms with E-state index >= 15 is 0 Å². The zero-order chi connectivity index (χ0) is 25.8. The molecule has 1 heterocycles. The first kappa shape index (κ1) is 29.4. The van der Waals surface area contributed by atoms with Gasteiger partial charge in [-0.3, -0.25) is 0 Å². The largest absolute Gasteiger partial charge is 0.388 e. The van der Waals surface area contributed by atoms with E-state index in [0.717, 1.165) is 32.4 Å². The Labute approximate surface area is 218 Å². The third-order valence-electron chi connectivity index (χ3n) is 5.52. The average molecular weight is 546 g/mol. The minimum atomic E-state index is -3.59. The predicted octanol–water partition coefficient (Wildman–Crippen LogP) is 4.81. The maximum Gasteiger partial charge on any atom is 0.319 e. The third-order valence-corrected chi connectivity index (χ3v) is 7.83. The van der Waals surface area contributed by atoms with Crippen molar-refractivity contribution >= 4 is 44.9 Å². The lowest BCUT2D eigenvalue weighted by Crippen LogP contribution is -2.31. The molecule has 1 aliphatic heterocycles. The molecule has 1 saturated heterocycles. The number of hydrogen-bond acceptors (Lipinski definition) is 5. The minimum absolute atomic E-state index is 0.160. The number of anilines is 1. The Morgan fingerprint density at radius 2 is 1.74 bits per heavy atom. The van der Waals surface area contributed by atoms with Crippen molar-refractivity contribution in [2.45, 2.75) is 37.1 Å². The fraction of sp³-hybridized carbons (Fsp3) is 0.458. The number of benzene rings is 2. The summed E-state index contributed by atoms with van der Waals surface area (Å²) < 4.78 is 32.0. The van der Waals surface area contributed by atoms with Crippen molar-refractivity contribution in [3.8, 4) is 0 Å². The molecule has 1 atom stereocenters. The lowest BCUT2D eigenvalue weighted by atomic mass is 9.95. The van der Waals surface area contributed by atoms with Crippen LogP contribution in [-0.4, -0.2) is 48.3 Å².